The molecule has 1 aliphatic rings. The van der Waals surface area contributed by atoms with E-state index in [1.54, 1.807) is 6.20 Å². The number of aromatic nitrogens is 7. The second kappa shape index (κ2) is 6.84. The van der Waals surface area contributed by atoms with Gasteiger partial charge in [0.25, 0.3) is 0 Å². The molecular weight excluding hydrogens is 344 g/mol. The third kappa shape index (κ3) is 3.17. The fourth-order valence-electron chi connectivity index (χ4n) is 3.53. The van der Waals surface area contributed by atoms with Gasteiger partial charge in [-0.15, -0.1) is 10.2 Å². The van der Waals surface area contributed by atoms with Crippen molar-refractivity contribution in [2.24, 2.45) is 0 Å². The van der Waals surface area contributed by atoms with Crippen LogP contribution in [0, 0.1) is 0 Å². The summed E-state index contributed by atoms with van der Waals surface area (Å²) in [5.41, 5.74) is 2.62. The minimum atomic E-state index is 0.329. The number of fused-ring (bicyclic) bond motifs is 1. The first-order valence-corrected chi connectivity index (χ1v) is 8.97. The molecule has 0 N–H and O–H groups in total. The molecule has 5 heterocycles. The number of hydrogen-bond donors (Lipinski definition) is 0. The molecule has 5 rings (SSSR count). The van der Waals surface area contributed by atoms with Gasteiger partial charge in [-0.2, -0.15) is 14.6 Å². The van der Waals surface area contributed by atoms with Crippen molar-refractivity contribution in [3.05, 3.63) is 54.7 Å². The molecule has 0 aromatic carbocycles. The van der Waals surface area contributed by atoms with Crippen LogP contribution in [0.25, 0.3) is 16.9 Å². The van der Waals surface area contributed by atoms with Gasteiger partial charge in [-0.1, -0.05) is 5.16 Å². The lowest BCUT2D eigenvalue weighted by molar-refractivity contribution is 0.178. The lowest BCUT2D eigenvalue weighted by atomic mass is 9.96. The number of rotatable bonds is 4. The predicted octanol–water partition coefficient (Wildman–Crippen LogP) is 1.95. The summed E-state index contributed by atoms with van der Waals surface area (Å²) in [7, 11) is 0. The zero-order valence-electron chi connectivity index (χ0n) is 14.6. The van der Waals surface area contributed by atoms with E-state index in [1.807, 2.05) is 35.0 Å². The number of likely N-dealkylation sites (tertiary alicyclic amines) is 1. The summed E-state index contributed by atoms with van der Waals surface area (Å²) in [5, 5.41) is 17.2. The van der Waals surface area contributed by atoms with Crippen molar-refractivity contribution in [1.82, 2.24) is 39.8 Å². The second-order valence-electron chi connectivity index (χ2n) is 6.67. The molecule has 1 saturated heterocycles. The Labute approximate surface area is 155 Å². The smallest absolute Gasteiger partial charge is 0.240 e. The van der Waals surface area contributed by atoms with Crippen LogP contribution in [0.3, 0.4) is 0 Å². The standard InChI is InChI=1S/C18H18N8O/c1-2-14(10-19-7-1)15-3-4-16-22-23-18(26(16)24-15)13-5-8-25(9-6-13)11-17-20-12-21-27-17/h1-4,7,10,12-13H,5-6,8-9,11H2. The molecule has 9 heteroatoms. The quantitative estimate of drug-likeness (QED) is 0.543. The molecule has 27 heavy (non-hydrogen) atoms. The number of pyridine rings is 1. The fourth-order valence-corrected chi connectivity index (χ4v) is 3.53. The van der Waals surface area contributed by atoms with Crippen molar-refractivity contribution >= 4 is 5.65 Å². The van der Waals surface area contributed by atoms with Crippen molar-refractivity contribution in [3.63, 3.8) is 0 Å². The maximum Gasteiger partial charge on any atom is 0.240 e. The SMILES string of the molecule is c1cncc(-c2ccc3nnc(C4CCN(Cc5ncno5)CC4)n3n2)c1. The van der Waals surface area contributed by atoms with E-state index in [4.69, 9.17) is 9.62 Å². The first-order valence-electron chi connectivity index (χ1n) is 8.97. The van der Waals surface area contributed by atoms with Gasteiger partial charge >= 0.3 is 0 Å². The Balaban J connectivity index is 1.36. The molecule has 0 atom stereocenters. The molecule has 0 unspecified atom stereocenters. The second-order valence-corrected chi connectivity index (χ2v) is 6.67. The van der Waals surface area contributed by atoms with E-state index in [-0.39, 0.29) is 0 Å². The van der Waals surface area contributed by atoms with E-state index in [0.29, 0.717) is 18.4 Å². The Hall–Kier alpha value is -3.20. The molecule has 0 spiro atoms. The van der Waals surface area contributed by atoms with Gasteiger partial charge in [0.05, 0.1) is 12.2 Å². The van der Waals surface area contributed by atoms with Crippen LogP contribution in [0.5, 0.6) is 0 Å². The molecular formula is C18H18N8O. The number of nitrogens with zero attached hydrogens (tertiary/aromatic N) is 8. The van der Waals surface area contributed by atoms with Gasteiger partial charge in [-0.3, -0.25) is 9.88 Å². The summed E-state index contributed by atoms with van der Waals surface area (Å²) in [6.07, 6.45) is 7.00. The van der Waals surface area contributed by atoms with Gasteiger partial charge in [-0.05, 0) is 50.2 Å². The van der Waals surface area contributed by atoms with Crippen LogP contribution in [0.15, 0.2) is 47.5 Å². The van der Waals surface area contributed by atoms with Gasteiger partial charge in [-0.25, -0.2) is 0 Å². The Bertz CT molecular complexity index is 1020. The van der Waals surface area contributed by atoms with Crippen molar-refractivity contribution in [2.75, 3.05) is 13.1 Å². The lowest BCUT2D eigenvalue weighted by Gasteiger charge is -2.29. The van der Waals surface area contributed by atoms with Gasteiger partial charge in [0.15, 0.2) is 17.8 Å². The highest BCUT2D eigenvalue weighted by Gasteiger charge is 2.26. The largest absolute Gasteiger partial charge is 0.338 e. The summed E-state index contributed by atoms with van der Waals surface area (Å²) >= 11 is 0. The molecule has 1 aliphatic heterocycles. The van der Waals surface area contributed by atoms with Gasteiger partial charge < -0.3 is 4.52 Å². The molecule has 0 saturated carbocycles. The first kappa shape index (κ1) is 16.0. The van der Waals surface area contributed by atoms with Crippen LogP contribution in [-0.4, -0.2) is 52.9 Å². The zero-order chi connectivity index (χ0) is 18.1. The summed E-state index contributed by atoms with van der Waals surface area (Å²) < 4.78 is 6.98. The summed E-state index contributed by atoms with van der Waals surface area (Å²) in [6, 6.07) is 7.82. The van der Waals surface area contributed by atoms with Crippen molar-refractivity contribution in [2.45, 2.75) is 25.3 Å². The van der Waals surface area contributed by atoms with E-state index in [1.165, 1.54) is 6.33 Å². The molecule has 0 amide bonds. The van der Waals surface area contributed by atoms with Crippen LogP contribution < -0.4 is 0 Å². The van der Waals surface area contributed by atoms with E-state index >= 15 is 0 Å². The van der Waals surface area contributed by atoms with Crippen molar-refractivity contribution in [1.29, 1.82) is 0 Å². The van der Waals surface area contributed by atoms with Crippen molar-refractivity contribution < 1.29 is 4.52 Å². The first-order chi connectivity index (χ1) is 13.4. The zero-order valence-corrected chi connectivity index (χ0v) is 14.6. The number of hydrogen-bond acceptors (Lipinski definition) is 8. The highest BCUT2D eigenvalue weighted by Crippen LogP contribution is 2.28. The lowest BCUT2D eigenvalue weighted by Crippen LogP contribution is -2.33. The van der Waals surface area contributed by atoms with Crippen LogP contribution in [0.2, 0.25) is 0 Å². The van der Waals surface area contributed by atoms with E-state index in [9.17, 15) is 0 Å². The molecule has 4 aromatic heterocycles. The Morgan fingerprint density at radius 1 is 1.11 bits per heavy atom. The molecule has 4 aromatic rings. The van der Waals surface area contributed by atoms with Gasteiger partial charge in [0.1, 0.15) is 0 Å². The normalized spacial score (nSPS) is 16.1. The summed E-state index contributed by atoms with van der Waals surface area (Å²) in [4.78, 5) is 10.6. The molecule has 136 valence electrons. The van der Waals surface area contributed by atoms with Crippen LogP contribution in [0.4, 0.5) is 0 Å². The monoisotopic (exact) mass is 362 g/mol. The van der Waals surface area contributed by atoms with E-state index < -0.39 is 0 Å². The fraction of sp³-hybridized carbons (Fsp3) is 0.333. The van der Waals surface area contributed by atoms with Crippen LogP contribution in [-0.2, 0) is 6.54 Å². The molecule has 0 radical (unpaired) electrons. The minimum absolute atomic E-state index is 0.329. The van der Waals surface area contributed by atoms with Crippen LogP contribution in [0.1, 0.15) is 30.5 Å². The van der Waals surface area contributed by atoms with Crippen molar-refractivity contribution in [3.8, 4) is 11.3 Å². The Morgan fingerprint density at radius 3 is 2.81 bits per heavy atom. The maximum atomic E-state index is 5.10. The highest BCUT2D eigenvalue weighted by molar-refractivity contribution is 5.58. The highest BCUT2D eigenvalue weighted by atomic mass is 16.5. The molecule has 0 bridgehead atoms. The van der Waals surface area contributed by atoms with E-state index in [2.05, 4.69) is 30.2 Å². The van der Waals surface area contributed by atoms with Gasteiger partial charge in [0, 0.05) is 23.9 Å². The topological polar surface area (TPSA) is 98.1 Å². The summed E-state index contributed by atoms with van der Waals surface area (Å²) in [6.45, 7) is 2.59. The number of piperidine rings is 1. The minimum Gasteiger partial charge on any atom is -0.338 e. The predicted molar refractivity (Wildman–Crippen MR) is 95.6 cm³/mol. The Kier molecular flexibility index (Phi) is 4.06. The maximum absolute atomic E-state index is 5.10. The average Bonchev–Trinajstić information content (AvgIpc) is 3.39. The summed E-state index contributed by atoms with van der Waals surface area (Å²) in [5.74, 6) is 1.91. The molecule has 9 nitrogen and oxygen atoms in total. The third-order valence-electron chi connectivity index (χ3n) is 4.96. The molecule has 1 fully saturated rings. The average molecular weight is 362 g/mol. The molecule has 0 aliphatic carbocycles. The Morgan fingerprint density at radius 2 is 2.04 bits per heavy atom. The van der Waals surface area contributed by atoms with Gasteiger partial charge in [0.2, 0.25) is 5.89 Å². The third-order valence-corrected chi connectivity index (χ3v) is 4.96. The van der Waals surface area contributed by atoms with Crippen LogP contribution >= 0.6 is 0 Å². The van der Waals surface area contributed by atoms with E-state index in [0.717, 1.165) is 48.7 Å².